The van der Waals surface area contributed by atoms with Crippen LogP contribution in [0.3, 0.4) is 0 Å². The van der Waals surface area contributed by atoms with Gasteiger partial charge >= 0.3 is 0 Å². The van der Waals surface area contributed by atoms with E-state index < -0.39 is 28.5 Å². The number of hydrogen-bond acceptors (Lipinski definition) is 5. The predicted molar refractivity (Wildman–Crippen MR) is 163 cm³/mol. The number of carbonyl (C=O) groups excluding carboxylic acids is 2. The van der Waals surface area contributed by atoms with Crippen LogP contribution < -0.4 is 14.4 Å². The molecule has 3 aromatic rings. The second kappa shape index (κ2) is 14.4. The Hall–Kier alpha value is -3.56. The molecule has 3 aromatic carbocycles. The Labute approximate surface area is 248 Å². The molecule has 0 unspecified atom stereocenters. The zero-order chi connectivity index (χ0) is 30.2. The third kappa shape index (κ3) is 7.80. The number of rotatable bonds is 13. The predicted octanol–water partition coefficient (Wildman–Crippen LogP) is 5.49. The van der Waals surface area contributed by atoms with Gasteiger partial charge in [-0.3, -0.25) is 13.9 Å². The summed E-state index contributed by atoms with van der Waals surface area (Å²) in [5.74, 6) is -0.593. The lowest BCUT2D eigenvalue weighted by Gasteiger charge is -2.33. The van der Waals surface area contributed by atoms with Gasteiger partial charge in [0.05, 0.1) is 17.7 Å². The van der Waals surface area contributed by atoms with Gasteiger partial charge in [0.25, 0.3) is 10.0 Å². The highest BCUT2D eigenvalue weighted by Crippen LogP contribution is 2.35. The van der Waals surface area contributed by atoms with Gasteiger partial charge in [0.2, 0.25) is 11.8 Å². The molecular formula is C31H38ClN3O5S. The fourth-order valence-electron chi connectivity index (χ4n) is 4.47. The Morgan fingerprint density at radius 3 is 2.29 bits per heavy atom. The maximum atomic E-state index is 14.2. The number of aryl methyl sites for hydroxylation is 2. The van der Waals surface area contributed by atoms with Gasteiger partial charge < -0.3 is 15.0 Å². The van der Waals surface area contributed by atoms with Crippen LogP contribution in [-0.4, -0.2) is 51.4 Å². The van der Waals surface area contributed by atoms with Crippen molar-refractivity contribution in [2.75, 3.05) is 24.5 Å². The normalized spacial score (nSPS) is 12.0. The molecule has 41 heavy (non-hydrogen) atoms. The van der Waals surface area contributed by atoms with Crippen LogP contribution in [0.5, 0.6) is 5.75 Å². The minimum absolute atomic E-state index is 0.0103. The van der Waals surface area contributed by atoms with Gasteiger partial charge in [0, 0.05) is 18.1 Å². The zero-order valence-electron chi connectivity index (χ0n) is 24.2. The van der Waals surface area contributed by atoms with Gasteiger partial charge in [0.15, 0.2) is 0 Å². The fraction of sp³-hybridized carbons (Fsp3) is 0.355. The van der Waals surface area contributed by atoms with Crippen molar-refractivity contribution in [3.05, 3.63) is 88.4 Å². The Bertz CT molecular complexity index is 1460. The molecule has 0 saturated heterocycles. The monoisotopic (exact) mass is 599 g/mol. The van der Waals surface area contributed by atoms with Crippen LogP contribution in [0, 0.1) is 13.8 Å². The molecule has 0 aromatic heterocycles. The van der Waals surface area contributed by atoms with Gasteiger partial charge in [0.1, 0.15) is 18.3 Å². The molecule has 2 amide bonds. The van der Waals surface area contributed by atoms with E-state index in [0.717, 1.165) is 27.4 Å². The number of amides is 2. The van der Waals surface area contributed by atoms with Crippen LogP contribution in [-0.2, 0) is 26.2 Å². The molecule has 1 N–H and O–H groups in total. The molecule has 0 fully saturated rings. The van der Waals surface area contributed by atoms with Crippen molar-refractivity contribution in [3.8, 4) is 5.75 Å². The van der Waals surface area contributed by atoms with Gasteiger partial charge in [-0.25, -0.2) is 8.42 Å². The summed E-state index contributed by atoms with van der Waals surface area (Å²) < 4.78 is 34.7. The number of nitrogens with one attached hydrogen (secondary N) is 1. The topological polar surface area (TPSA) is 96.0 Å². The summed E-state index contributed by atoms with van der Waals surface area (Å²) in [5, 5.41) is 3.17. The van der Waals surface area contributed by atoms with Crippen molar-refractivity contribution in [2.45, 2.75) is 58.0 Å². The maximum Gasteiger partial charge on any atom is 0.264 e. The number of ether oxygens (including phenoxy) is 1. The van der Waals surface area contributed by atoms with E-state index in [2.05, 4.69) is 5.32 Å². The Morgan fingerprint density at radius 1 is 1.00 bits per heavy atom. The first-order chi connectivity index (χ1) is 19.5. The Kier molecular flexibility index (Phi) is 11.2. The molecular weight excluding hydrogens is 562 g/mol. The quantitative estimate of drug-likeness (QED) is 0.280. The molecule has 220 valence electrons. The molecule has 0 aliphatic carbocycles. The van der Waals surface area contributed by atoms with Crippen molar-refractivity contribution in [2.24, 2.45) is 0 Å². The molecule has 0 heterocycles. The molecule has 0 aliphatic heterocycles. The molecule has 0 radical (unpaired) electrons. The van der Waals surface area contributed by atoms with E-state index in [0.29, 0.717) is 13.0 Å². The van der Waals surface area contributed by atoms with Gasteiger partial charge in [-0.1, -0.05) is 67.4 Å². The van der Waals surface area contributed by atoms with Crippen LogP contribution in [0.1, 0.15) is 43.4 Å². The molecule has 0 spiro atoms. The summed E-state index contributed by atoms with van der Waals surface area (Å²) in [7, 11) is -2.83. The number of anilines is 1. The van der Waals surface area contributed by atoms with Crippen LogP contribution >= 0.6 is 11.6 Å². The van der Waals surface area contributed by atoms with E-state index in [1.165, 1.54) is 30.2 Å². The summed E-state index contributed by atoms with van der Waals surface area (Å²) in [6, 6.07) is 17.8. The summed E-state index contributed by atoms with van der Waals surface area (Å²) in [6.45, 7) is 7.59. The van der Waals surface area contributed by atoms with Crippen LogP contribution in [0.4, 0.5) is 5.69 Å². The number of hydrogen-bond donors (Lipinski definition) is 1. The highest BCUT2D eigenvalue weighted by atomic mass is 35.5. The van der Waals surface area contributed by atoms with E-state index >= 15 is 0 Å². The van der Waals surface area contributed by atoms with Crippen molar-refractivity contribution < 1.29 is 22.7 Å². The van der Waals surface area contributed by atoms with E-state index in [4.69, 9.17) is 16.3 Å². The number of methoxy groups -OCH3 is 1. The van der Waals surface area contributed by atoms with Gasteiger partial charge in [-0.2, -0.15) is 0 Å². The third-order valence-corrected chi connectivity index (χ3v) is 8.84. The molecule has 0 bridgehead atoms. The van der Waals surface area contributed by atoms with E-state index in [-0.39, 0.29) is 33.8 Å². The lowest BCUT2D eigenvalue weighted by molar-refractivity contribution is -0.140. The number of halogens is 1. The first-order valence-corrected chi connectivity index (χ1v) is 15.4. The Balaban J connectivity index is 2.13. The minimum atomic E-state index is -4.25. The lowest BCUT2D eigenvalue weighted by Crippen LogP contribution is -2.52. The Morgan fingerprint density at radius 2 is 1.68 bits per heavy atom. The second-order valence-electron chi connectivity index (χ2n) is 9.80. The smallest absolute Gasteiger partial charge is 0.264 e. The number of benzene rings is 3. The highest BCUT2D eigenvalue weighted by molar-refractivity contribution is 7.92. The average molecular weight is 600 g/mol. The van der Waals surface area contributed by atoms with Crippen LogP contribution in [0.2, 0.25) is 5.02 Å². The van der Waals surface area contributed by atoms with E-state index in [1.54, 1.807) is 24.3 Å². The molecule has 8 nitrogen and oxygen atoms in total. The van der Waals surface area contributed by atoms with E-state index in [9.17, 15) is 18.0 Å². The minimum Gasteiger partial charge on any atom is -0.495 e. The van der Waals surface area contributed by atoms with Crippen molar-refractivity contribution in [3.63, 3.8) is 0 Å². The van der Waals surface area contributed by atoms with Crippen molar-refractivity contribution in [1.29, 1.82) is 0 Å². The average Bonchev–Trinajstić information content (AvgIpc) is 2.95. The standard InChI is InChI=1S/C31H38ClN3O5S/c1-6-18-33-31(37)27(7-2)34(20-24-11-9-8-10-23(24)4)30(36)21-35(28-19-25(32)14-17-29(28)40-5)41(38,39)26-15-12-22(3)13-16-26/h8-17,19,27H,6-7,18,20-21H2,1-5H3,(H,33,37)/t27-/m1/s1. The maximum absolute atomic E-state index is 14.2. The molecule has 3 rings (SSSR count). The number of carbonyl (C=O) groups is 2. The van der Waals surface area contributed by atoms with Crippen molar-refractivity contribution >= 4 is 39.1 Å². The fourth-order valence-corrected chi connectivity index (χ4v) is 6.05. The van der Waals surface area contributed by atoms with Gasteiger partial charge in [-0.15, -0.1) is 0 Å². The number of nitrogens with zero attached hydrogens (tertiary/aromatic N) is 2. The first-order valence-electron chi connectivity index (χ1n) is 13.6. The van der Waals surface area contributed by atoms with Crippen LogP contribution in [0.25, 0.3) is 0 Å². The number of sulfonamides is 1. The van der Waals surface area contributed by atoms with Gasteiger partial charge in [-0.05, 0) is 68.1 Å². The van der Waals surface area contributed by atoms with Crippen molar-refractivity contribution in [1.82, 2.24) is 10.2 Å². The first kappa shape index (κ1) is 32.0. The molecule has 0 aliphatic rings. The highest BCUT2D eigenvalue weighted by Gasteiger charge is 2.35. The molecule has 0 saturated carbocycles. The SMILES string of the molecule is CCCNC(=O)[C@@H](CC)N(Cc1ccccc1C)C(=O)CN(c1cc(Cl)ccc1OC)S(=O)(=O)c1ccc(C)cc1. The summed E-state index contributed by atoms with van der Waals surface area (Å²) in [4.78, 5) is 28.9. The zero-order valence-corrected chi connectivity index (χ0v) is 25.8. The summed E-state index contributed by atoms with van der Waals surface area (Å²) in [5.41, 5.74) is 2.82. The molecule has 10 heteroatoms. The second-order valence-corrected chi connectivity index (χ2v) is 12.1. The largest absolute Gasteiger partial charge is 0.495 e. The van der Waals surface area contributed by atoms with E-state index in [1.807, 2.05) is 52.0 Å². The lowest BCUT2D eigenvalue weighted by atomic mass is 10.1. The molecule has 1 atom stereocenters. The summed E-state index contributed by atoms with van der Waals surface area (Å²) >= 11 is 6.30. The third-order valence-electron chi connectivity index (χ3n) is 6.83. The summed E-state index contributed by atoms with van der Waals surface area (Å²) in [6.07, 6.45) is 1.09. The van der Waals surface area contributed by atoms with Crippen LogP contribution in [0.15, 0.2) is 71.6 Å².